The fourth-order valence-electron chi connectivity index (χ4n) is 2.38. The van der Waals surface area contributed by atoms with Gasteiger partial charge in [-0.05, 0) is 17.7 Å². The fourth-order valence-corrected chi connectivity index (χ4v) is 3.21. The molecule has 0 aliphatic heterocycles. The number of hydrogen-bond acceptors (Lipinski definition) is 6. The van der Waals surface area contributed by atoms with Crippen LogP contribution in [0.5, 0.6) is 17.2 Å². The third-order valence-corrected chi connectivity index (χ3v) is 5.24. The van der Waals surface area contributed by atoms with E-state index in [1.165, 1.54) is 57.7 Å². The zero-order valence-corrected chi connectivity index (χ0v) is 17.3. The number of ether oxygens (including phenoxy) is 3. The van der Waals surface area contributed by atoms with Gasteiger partial charge < -0.3 is 14.2 Å². The summed E-state index contributed by atoms with van der Waals surface area (Å²) in [4.78, 5) is 0. The second-order valence-corrected chi connectivity index (χ2v) is 7.85. The molecule has 6 nitrogen and oxygen atoms in total. The highest BCUT2D eigenvalue weighted by atomic mass is 79.9. The van der Waals surface area contributed by atoms with E-state index in [1.807, 2.05) is 0 Å². The molecule has 0 N–H and O–H groups in total. The summed E-state index contributed by atoms with van der Waals surface area (Å²) >= 11 is 3.21. The lowest BCUT2D eigenvalue weighted by Crippen LogP contribution is -2.28. The molecule has 2 rings (SSSR count). The van der Waals surface area contributed by atoms with E-state index in [1.54, 1.807) is 0 Å². The van der Waals surface area contributed by atoms with Crippen molar-refractivity contribution in [3.63, 3.8) is 0 Å². The van der Waals surface area contributed by atoms with Gasteiger partial charge in [0.15, 0.2) is 0 Å². The lowest BCUT2D eigenvalue weighted by Gasteiger charge is -2.24. The third-order valence-electron chi connectivity index (χ3n) is 3.69. The molecule has 2 aromatic rings. The van der Waals surface area contributed by atoms with Crippen LogP contribution in [0.25, 0.3) is 0 Å². The first-order valence-corrected chi connectivity index (χ1v) is 9.79. The molecule has 0 aliphatic carbocycles. The Morgan fingerprint density at radius 2 is 1.43 bits per heavy atom. The highest BCUT2D eigenvalue weighted by Crippen LogP contribution is 2.44. The summed E-state index contributed by atoms with van der Waals surface area (Å²) in [5, 5.41) is 0. The Balaban J connectivity index is 2.74. The van der Waals surface area contributed by atoms with Gasteiger partial charge in [-0.15, -0.1) is 0 Å². The molecule has 154 valence electrons. The van der Waals surface area contributed by atoms with Crippen LogP contribution in [0.2, 0.25) is 0 Å². The van der Waals surface area contributed by atoms with E-state index in [0.29, 0.717) is 10.2 Å². The lowest BCUT2D eigenvalue weighted by molar-refractivity contribution is -0.0563. The molecule has 0 bridgehead atoms. The van der Waals surface area contributed by atoms with Gasteiger partial charge in [0.1, 0.15) is 23.4 Å². The summed E-state index contributed by atoms with van der Waals surface area (Å²) in [5.74, 6) is 0.355. The Bertz CT molecular complexity index is 904. The van der Waals surface area contributed by atoms with Gasteiger partial charge in [0.2, 0.25) is 0 Å². The Morgan fingerprint density at radius 1 is 0.929 bits per heavy atom. The van der Waals surface area contributed by atoms with Gasteiger partial charge in [0.05, 0.1) is 26.9 Å². The Morgan fingerprint density at radius 3 is 1.82 bits per heavy atom. The van der Waals surface area contributed by atoms with E-state index in [9.17, 15) is 21.6 Å². The van der Waals surface area contributed by atoms with Gasteiger partial charge in [0.25, 0.3) is 0 Å². The van der Waals surface area contributed by atoms with Crippen LogP contribution in [0, 0.1) is 0 Å². The molecule has 0 aliphatic rings. The van der Waals surface area contributed by atoms with Gasteiger partial charge in [-0.2, -0.15) is 21.6 Å². The maximum Gasteiger partial charge on any atom is 0.523 e. The molecular weight excluding hydrogens is 469 g/mol. The highest BCUT2D eigenvalue weighted by Gasteiger charge is 2.49. The van der Waals surface area contributed by atoms with Crippen molar-refractivity contribution in [1.29, 1.82) is 0 Å². The fraction of sp³-hybridized carbons (Fsp3) is 0.294. The minimum atomic E-state index is -5.92. The highest BCUT2D eigenvalue weighted by molar-refractivity contribution is 9.10. The van der Waals surface area contributed by atoms with Crippen LogP contribution in [0.15, 0.2) is 40.9 Å². The summed E-state index contributed by atoms with van der Waals surface area (Å²) in [5.41, 5.74) is -5.51. The molecule has 0 spiro atoms. The molecule has 0 heterocycles. The molecule has 1 atom stereocenters. The van der Waals surface area contributed by atoms with E-state index in [2.05, 4.69) is 20.1 Å². The second kappa shape index (κ2) is 8.58. The number of halogens is 4. The molecule has 0 fully saturated rings. The number of alkyl halides is 3. The molecular formula is C17H16BrF3O6S. The Kier molecular flexibility index (Phi) is 6.84. The molecule has 0 saturated carbocycles. The normalized spacial score (nSPS) is 13.1. The van der Waals surface area contributed by atoms with Gasteiger partial charge in [-0.25, -0.2) is 4.18 Å². The summed E-state index contributed by atoms with van der Waals surface area (Å²) in [6, 6.07) is 8.68. The topological polar surface area (TPSA) is 71.1 Å². The van der Waals surface area contributed by atoms with Crippen LogP contribution in [-0.4, -0.2) is 35.3 Å². The van der Waals surface area contributed by atoms with Crippen molar-refractivity contribution < 1.29 is 40.0 Å². The van der Waals surface area contributed by atoms with E-state index in [-0.39, 0.29) is 22.6 Å². The molecule has 2 aromatic carbocycles. The first kappa shape index (κ1) is 22.3. The maximum absolute atomic E-state index is 13.0. The average Bonchev–Trinajstić information content (AvgIpc) is 2.65. The lowest BCUT2D eigenvalue weighted by atomic mass is 9.99. The Labute approximate surface area is 168 Å². The van der Waals surface area contributed by atoms with E-state index in [4.69, 9.17) is 14.2 Å². The quantitative estimate of drug-likeness (QED) is 0.427. The molecule has 0 saturated heterocycles. The molecule has 28 heavy (non-hydrogen) atoms. The standard InChI is InChI=1S/C17H16BrF3O6S/c1-24-12-8-13(25-2)15(14(9-12)26-3)16(10-4-6-11(18)7-5-10)27-28(22,23)17(19,20)21/h4-9,16H,1-3H3. The van der Waals surface area contributed by atoms with Crippen molar-refractivity contribution in [2.24, 2.45) is 0 Å². The summed E-state index contributed by atoms with van der Waals surface area (Å²) < 4.78 is 83.2. The minimum Gasteiger partial charge on any atom is -0.496 e. The SMILES string of the molecule is COc1cc(OC)c(C(OS(=O)(=O)C(F)(F)F)c2ccc(Br)cc2)c(OC)c1. The number of hydrogen-bond donors (Lipinski definition) is 0. The summed E-state index contributed by atoms with van der Waals surface area (Å²) in [7, 11) is -2.00. The van der Waals surface area contributed by atoms with Crippen LogP contribution >= 0.6 is 15.9 Å². The van der Waals surface area contributed by atoms with Crippen molar-refractivity contribution in [2.45, 2.75) is 11.6 Å². The molecule has 1 unspecified atom stereocenters. The van der Waals surface area contributed by atoms with E-state index < -0.39 is 21.7 Å². The number of methoxy groups -OCH3 is 3. The van der Waals surface area contributed by atoms with Crippen LogP contribution in [0.4, 0.5) is 13.2 Å². The van der Waals surface area contributed by atoms with E-state index >= 15 is 0 Å². The van der Waals surface area contributed by atoms with Crippen LogP contribution in [0.3, 0.4) is 0 Å². The van der Waals surface area contributed by atoms with Gasteiger partial charge in [-0.1, -0.05) is 28.1 Å². The predicted octanol–water partition coefficient (Wildman–Crippen LogP) is 4.43. The van der Waals surface area contributed by atoms with Crippen molar-refractivity contribution in [3.05, 3.63) is 52.0 Å². The minimum absolute atomic E-state index is 0.0292. The zero-order valence-electron chi connectivity index (χ0n) is 14.9. The smallest absolute Gasteiger partial charge is 0.496 e. The van der Waals surface area contributed by atoms with Crippen LogP contribution in [-0.2, 0) is 14.3 Å². The van der Waals surface area contributed by atoms with Crippen molar-refractivity contribution in [3.8, 4) is 17.2 Å². The van der Waals surface area contributed by atoms with Gasteiger partial charge in [-0.3, -0.25) is 0 Å². The largest absolute Gasteiger partial charge is 0.523 e. The van der Waals surface area contributed by atoms with Crippen LogP contribution in [0.1, 0.15) is 17.2 Å². The van der Waals surface area contributed by atoms with Crippen molar-refractivity contribution in [1.82, 2.24) is 0 Å². The second-order valence-electron chi connectivity index (χ2n) is 5.37. The first-order chi connectivity index (χ1) is 13.0. The van der Waals surface area contributed by atoms with Gasteiger partial charge in [0, 0.05) is 16.6 Å². The average molecular weight is 485 g/mol. The predicted molar refractivity (Wildman–Crippen MR) is 98.1 cm³/mol. The van der Waals surface area contributed by atoms with Crippen molar-refractivity contribution >= 4 is 26.0 Å². The third kappa shape index (κ3) is 4.70. The summed E-state index contributed by atoms with van der Waals surface area (Å²) in [6.45, 7) is 0. The molecule has 0 amide bonds. The monoisotopic (exact) mass is 484 g/mol. The molecule has 0 aromatic heterocycles. The zero-order chi connectivity index (χ0) is 21.1. The molecule has 11 heteroatoms. The summed E-state index contributed by atoms with van der Waals surface area (Å²) in [6.07, 6.45) is -1.68. The van der Waals surface area contributed by atoms with Crippen molar-refractivity contribution in [2.75, 3.05) is 21.3 Å². The first-order valence-electron chi connectivity index (χ1n) is 7.59. The maximum atomic E-state index is 13.0. The van der Waals surface area contributed by atoms with Gasteiger partial charge >= 0.3 is 15.6 Å². The molecule has 0 radical (unpaired) electrons. The Hall–Kier alpha value is -1.98. The van der Waals surface area contributed by atoms with Crippen LogP contribution < -0.4 is 14.2 Å². The number of rotatable bonds is 7. The van der Waals surface area contributed by atoms with E-state index in [0.717, 1.165) is 0 Å². The number of benzene rings is 2.